The van der Waals surface area contributed by atoms with E-state index in [1.807, 2.05) is 0 Å². The molecule has 1 heterocycles. The molecule has 25 heavy (non-hydrogen) atoms. The summed E-state index contributed by atoms with van der Waals surface area (Å²) < 4.78 is 47.6. The van der Waals surface area contributed by atoms with Gasteiger partial charge in [-0.05, 0) is 49.0 Å². The van der Waals surface area contributed by atoms with Crippen LogP contribution in [-0.4, -0.2) is 39.7 Å². The molecule has 1 aliphatic heterocycles. The molecular formula is C16H23ClF2N2O3S. The second kappa shape index (κ2) is 8.91. The maximum Gasteiger partial charge on any atom is 0.341 e. The lowest BCUT2D eigenvalue weighted by Gasteiger charge is -2.34. The molecule has 0 spiro atoms. The number of rotatable bonds is 6. The third kappa shape index (κ3) is 5.90. The summed E-state index contributed by atoms with van der Waals surface area (Å²) in [7, 11) is -4.59. The summed E-state index contributed by atoms with van der Waals surface area (Å²) in [6.07, 6.45) is 2.07. The molecule has 1 aromatic rings. The van der Waals surface area contributed by atoms with Crippen LogP contribution >= 0.6 is 12.4 Å². The Kier molecular flexibility index (Phi) is 7.77. The zero-order valence-electron chi connectivity index (χ0n) is 13.9. The van der Waals surface area contributed by atoms with E-state index in [1.54, 1.807) is 0 Å². The van der Waals surface area contributed by atoms with E-state index in [2.05, 4.69) is 17.6 Å². The van der Waals surface area contributed by atoms with Crippen molar-refractivity contribution in [2.75, 3.05) is 19.6 Å². The van der Waals surface area contributed by atoms with Gasteiger partial charge in [-0.25, -0.2) is 8.42 Å². The van der Waals surface area contributed by atoms with E-state index in [4.69, 9.17) is 0 Å². The summed E-state index contributed by atoms with van der Waals surface area (Å²) in [6.45, 7) is 4.60. The lowest BCUT2D eigenvalue weighted by molar-refractivity contribution is -0.121. The van der Waals surface area contributed by atoms with Crippen molar-refractivity contribution in [1.29, 1.82) is 0 Å². The number of benzene rings is 1. The molecule has 1 aromatic carbocycles. The largest absolute Gasteiger partial charge is 0.355 e. The molecule has 2 rings (SSSR count). The Morgan fingerprint density at radius 3 is 2.32 bits per heavy atom. The topological polar surface area (TPSA) is 75.3 Å². The average Bonchev–Trinajstić information content (AvgIpc) is 2.54. The number of nitrogens with one attached hydrogen (secondary N) is 2. The van der Waals surface area contributed by atoms with Crippen LogP contribution in [0.15, 0.2) is 29.2 Å². The Hall–Kier alpha value is -1.25. The Morgan fingerprint density at radius 1 is 1.24 bits per heavy atom. The monoisotopic (exact) mass is 396 g/mol. The Morgan fingerprint density at radius 2 is 1.80 bits per heavy atom. The molecule has 0 aliphatic carbocycles. The highest BCUT2D eigenvalue weighted by Crippen LogP contribution is 2.26. The maximum atomic E-state index is 12.5. The molecule has 1 amide bonds. The van der Waals surface area contributed by atoms with Crippen molar-refractivity contribution in [3.8, 4) is 0 Å². The molecule has 0 radical (unpaired) electrons. The third-order valence-electron chi connectivity index (χ3n) is 4.37. The molecule has 0 saturated carbocycles. The molecule has 142 valence electrons. The van der Waals surface area contributed by atoms with Gasteiger partial charge >= 0.3 is 5.76 Å². The summed E-state index contributed by atoms with van der Waals surface area (Å²) in [5.74, 6) is -3.61. The van der Waals surface area contributed by atoms with E-state index in [1.165, 1.54) is 12.1 Å². The Balaban J connectivity index is 0.00000312. The molecule has 0 bridgehead atoms. The Labute approximate surface area is 152 Å². The average molecular weight is 397 g/mol. The SMILES string of the molecule is CC1(CNC(=O)Cc2ccc(S(=O)(=O)C(F)F)cc2)CCNCC1.Cl. The summed E-state index contributed by atoms with van der Waals surface area (Å²) >= 11 is 0. The number of alkyl halides is 2. The van der Waals surface area contributed by atoms with Gasteiger partial charge in [-0.3, -0.25) is 4.79 Å². The zero-order valence-corrected chi connectivity index (χ0v) is 15.6. The minimum Gasteiger partial charge on any atom is -0.355 e. The van der Waals surface area contributed by atoms with Crippen LogP contribution < -0.4 is 10.6 Å². The van der Waals surface area contributed by atoms with E-state index >= 15 is 0 Å². The highest BCUT2D eigenvalue weighted by atomic mass is 35.5. The molecule has 1 saturated heterocycles. The van der Waals surface area contributed by atoms with Gasteiger partial charge in [0.05, 0.1) is 11.3 Å². The predicted octanol–water partition coefficient (Wildman–Crippen LogP) is 2.15. The zero-order chi connectivity index (χ0) is 17.8. The molecule has 1 aliphatic rings. The van der Waals surface area contributed by atoms with Crippen LogP contribution in [0, 0.1) is 5.41 Å². The number of sulfone groups is 1. The second-order valence-corrected chi connectivity index (χ2v) is 8.38. The fraction of sp³-hybridized carbons (Fsp3) is 0.562. The van der Waals surface area contributed by atoms with Gasteiger partial charge in [0.2, 0.25) is 15.7 Å². The van der Waals surface area contributed by atoms with Crippen molar-refractivity contribution >= 4 is 28.2 Å². The van der Waals surface area contributed by atoms with E-state index < -0.39 is 20.5 Å². The minimum atomic E-state index is -4.59. The quantitative estimate of drug-likeness (QED) is 0.772. The number of halogens is 3. The lowest BCUT2D eigenvalue weighted by Crippen LogP contribution is -2.43. The number of hydrogen-bond donors (Lipinski definition) is 2. The first-order chi connectivity index (χ1) is 11.2. The van der Waals surface area contributed by atoms with Crippen LogP contribution in [0.2, 0.25) is 0 Å². The van der Waals surface area contributed by atoms with Gasteiger partial charge in [0, 0.05) is 6.54 Å². The van der Waals surface area contributed by atoms with Crippen LogP contribution in [0.3, 0.4) is 0 Å². The summed E-state index contributed by atoms with van der Waals surface area (Å²) in [5, 5.41) is 6.18. The maximum absolute atomic E-state index is 12.5. The van der Waals surface area contributed by atoms with Gasteiger partial charge in [-0.15, -0.1) is 12.4 Å². The van der Waals surface area contributed by atoms with Crippen LogP contribution in [0.25, 0.3) is 0 Å². The standard InChI is InChI=1S/C16H22F2N2O3S.ClH/c1-16(6-8-19-9-7-16)11-20-14(21)10-12-2-4-13(5-3-12)24(22,23)15(17)18;/h2-5,15,19H,6-11H2,1H3,(H,20,21);1H. The van der Waals surface area contributed by atoms with Crippen molar-refractivity contribution in [2.45, 2.75) is 36.8 Å². The van der Waals surface area contributed by atoms with Crippen molar-refractivity contribution in [1.82, 2.24) is 10.6 Å². The molecule has 0 atom stereocenters. The van der Waals surface area contributed by atoms with Crippen LogP contribution in [-0.2, 0) is 21.1 Å². The van der Waals surface area contributed by atoms with Crippen molar-refractivity contribution in [3.63, 3.8) is 0 Å². The third-order valence-corrected chi connectivity index (χ3v) is 5.77. The van der Waals surface area contributed by atoms with Gasteiger partial charge in [0.25, 0.3) is 0 Å². The van der Waals surface area contributed by atoms with Gasteiger partial charge in [0.15, 0.2) is 0 Å². The lowest BCUT2D eigenvalue weighted by atomic mass is 9.81. The van der Waals surface area contributed by atoms with Gasteiger partial charge < -0.3 is 10.6 Å². The summed E-state index contributed by atoms with van der Waals surface area (Å²) in [5.41, 5.74) is 0.659. The first kappa shape index (κ1) is 21.8. The normalized spacial score (nSPS) is 17.0. The number of carbonyl (C=O) groups excluding carboxylic acids is 1. The molecule has 1 fully saturated rings. The summed E-state index contributed by atoms with van der Waals surface area (Å²) in [6, 6.07) is 5.00. The van der Waals surface area contributed by atoms with E-state index in [-0.39, 0.29) is 30.2 Å². The summed E-state index contributed by atoms with van der Waals surface area (Å²) in [4.78, 5) is 11.6. The number of amides is 1. The van der Waals surface area contributed by atoms with E-state index in [0.717, 1.165) is 38.1 Å². The Bertz CT molecular complexity index is 675. The van der Waals surface area contributed by atoms with Gasteiger partial charge in [-0.1, -0.05) is 19.1 Å². The van der Waals surface area contributed by atoms with Crippen molar-refractivity contribution in [3.05, 3.63) is 29.8 Å². The molecule has 9 heteroatoms. The molecular weight excluding hydrogens is 374 g/mol. The van der Waals surface area contributed by atoms with E-state index in [9.17, 15) is 22.0 Å². The molecule has 5 nitrogen and oxygen atoms in total. The number of piperidine rings is 1. The first-order valence-corrected chi connectivity index (χ1v) is 9.36. The van der Waals surface area contributed by atoms with Crippen LogP contribution in [0.1, 0.15) is 25.3 Å². The molecule has 0 unspecified atom stereocenters. The first-order valence-electron chi connectivity index (χ1n) is 7.81. The number of carbonyl (C=O) groups is 1. The number of hydrogen-bond acceptors (Lipinski definition) is 4. The highest BCUT2D eigenvalue weighted by molar-refractivity contribution is 7.91. The van der Waals surface area contributed by atoms with Crippen LogP contribution in [0.5, 0.6) is 0 Å². The molecule has 2 N–H and O–H groups in total. The van der Waals surface area contributed by atoms with Crippen LogP contribution in [0.4, 0.5) is 8.78 Å². The predicted molar refractivity (Wildman–Crippen MR) is 93.8 cm³/mol. The second-order valence-electron chi connectivity index (χ2n) is 6.46. The minimum absolute atomic E-state index is 0. The fourth-order valence-corrected chi connectivity index (χ4v) is 3.39. The van der Waals surface area contributed by atoms with Crippen molar-refractivity contribution < 1.29 is 22.0 Å². The highest BCUT2D eigenvalue weighted by Gasteiger charge is 2.27. The fourth-order valence-electron chi connectivity index (χ4n) is 2.67. The van der Waals surface area contributed by atoms with Gasteiger partial charge in [0.1, 0.15) is 0 Å². The smallest absolute Gasteiger partial charge is 0.341 e. The van der Waals surface area contributed by atoms with E-state index in [0.29, 0.717) is 12.1 Å². The van der Waals surface area contributed by atoms with Gasteiger partial charge in [-0.2, -0.15) is 8.78 Å². The van der Waals surface area contributed by atoms with Crippen molar-refractivity contribution in [2.24, 2.45) is 5.41 Å². The molecule has 0 aromatic heterocycles.